The third kappa shape index (κ3) is 5.43. The van der Waals surface area contributed by atoms with Crippen LogP contribution in [0, 0.1) is 13.8 Å². The molecule has 1 atom stereocenters. The Bertz CT molecular complexity index is 501. The standard InChI is InChI=1S/C17H28N4.HI/c1-4-21-10-6-5-7-16(21)12-19-17(18)20-15-9-8-13(2)14(3)11-15;/h8-9,11,16H,4-7,10,12H2,1-3H3,(H3,18,19,20);1H. The molecule has 4 nitrogen and oxygen atoms in total. The minimum atomic E-state index is 0. The molecule has 1 aliphatic rings. The maximum absolute atomic E-state index is 6.02. The Kier molecular flexibility index (Phi) is 8.17. The van der Waals surface area contributed by atoms with Crippen molar-refractivity contribution in [3.05, 3.63) is 29.3 Å². The topological polar surface area (TPSA) is 53.6 Å². The number of likely N-dealkylation sites (tertiary alicyclic amines) is 1. The van der Waals surface area contributed by atoms with E-state index in [2.05, 4.69) is 48.1 Å². The Morgan fingerprint density at radius 3 is 2.77 bits per heavy atom. The van der Waals surface area contributed by atoms with E-state index in [0.717, 1.165) is 18.8 Å². The Hall–Kier alpha value is -0.820. The van der Waals surface area contributed by atoms with E-state index in [4.69, 9.17) is 5.73 Å². The second-order valence-electron chi connectivity index (χ2n) is 5.93. The van der Waals surface area contributed by atoms with Gasteiger partial charge in [0.25, 0.3) is 0 Å². The van der Waals surface area contributed by atoms with Crippen LogP contribution in [0.1, 0.15) is 37.3 Å². The summed E-state index contributed by atoms with van der Waals surface area (Å²) < 4.78 is 0. The lowest BCUT2D eigenvalue weighted by atomic mass is 10.0. The highest BCUT2D eigenvalue weighted by Gasteiger charge is 2.20. The number of aliphatic imine (C=N–C) groups is 1. The molecular formula is C17H29IN4. The number of hydrogen-bond donors (Lipinski definition) is 2. The minimum Gasteiger partial charge on any atom is -0.370 e. The predicted molar refractivity (Wildman–Crippen MR) is 106 cm³/mol. The monoisotopic (exact) mass is 416 g/mol. The molecule has 3 N–H and O–H groups in total. The van der Waals surface area contributed by atoms with Crippen molar-refractivity contribution in [2.75, 3.05) is 25.0 Å². The average Bonchev–Trinajstić information content (AvgIpc) is 2.49. The molecule has 0 amide bonds. The maximum atomic E-state index is 6.02. The van der Waals surface area contributed by atoms with Crippen LogP contribution >= 0.6 is 24.0 Å². The van der Waals surface area contributed by atoms with E-state index in [1.807, 2.05) is 6.07 Å². The molecular weight excluding hydrogens is 387 g/mol. The summed E-state index contributed by atoms with van der Waals surface area (Å²) in [5.41, 5.74) is 9.58. The van der Waals surface area contributed by atoms with Gasteiger partial charge in [-0.25, -0.2) is 0 Å². The summed E-state index contributed by atoms with van der Waals surface area (Å²) in [4.78, 5) is 7.05. The van der Waals surface area contributed by atoms with Crippen LogP contribution in [-0.2, 0) is 0 Å². The number of benzene rings is 1. The zero-order valence-corrected chi connectivity index (χ0v) is 16.3. The van der Waals surface area contributed by atoms with E-state index in [1.54, 1.807) is 0 Å². The highest BCUT2D eigenvalue weighted by atomic mass is 127. The normalized spacial score (nSPS) is 19.6. The van der Waals surface area contributed by atoms with Gasteiger partial charge in [0.1, 0.15) is 0 Å². The molecule has 1 unspecified atom stereocenters. The van der Waals surface area contributed by atoms with Gasteiger partial charge in [0.15, 0.2) is 5.96 Å². The average molecular weight is 416 g/mol. The van der Waals surface area contributed by atoms with Crippen molar-refractivity contribution in [2.45, 2.75) is 46.1 Å². The van der Waals surface area contributed by atoms with Crippen LogP contribution in [0.4, 0.5) is 5.69 Å². The Labute approximate surface area is 151 Å². The summed E-state index contributed by atoms with van der Waals surface area (Å²) in [7, 11) is 0. The van der Waals surface area contributed by atoms with Crippen LogP contribution in [0.25, 0.3) is 0 Å². The van der Waals surface area contributed by atoms with Crippen molar-refractivity contribution in [1.82, 2.24) is 4.90 Å². The van der Waals surface area contributed by atoms with Crippen LogP contribution < -0.4 is 11.1 Å². The van der Waals surface area contributed by atoms with Gasteiger partial charge < -0.3 is 11.1 Å². The van der Waals surface area contributed by atoms with Gasteiger partial charge in [-0.1, -0.05) is 19.4 Å². The van der Waals surface area contributed by atoms with E-state index in [1.165, 1.54) is 36.9 Å². The first-order chi connectivity index (χ1) is 10.1. The molecule has 1 aromatic rings. The molecule has 1 heterocycles. The third-order valence-corrected chi connectivity index (χ3v) is 4.41. The molecule has 22 heavy (non-hydrogen) atoms. The number of piperidine rings is 1. The molecule has 124 valence electrons. The largest absolute Gasteiger partial charge is 0.370 e. The van der Waals surface area contributed by atoms with E-state index < -0.39 is 0 Å². The van der Waals surface area contributed by atoms with Crippen molar-refractivity contribution in [3.63, 3.8) is 0 Å². The Balaban J connectivity index is 0.00000242. The van der Waals surface area contributed by atoms with Crippen LogP contribution in [0.15, 0.2) is 23.2 Å². The molecule has 2 rings (SSSR count). The second kappa shape index (κ2) is 9.35. The molecule has 1 saturated heterocycles. The zero-order chi connectivity index (χ0) is 15.2. The van der Waals surface area contributed by atoms with Gasteiger partial charge in [0, 0.05) is 11.7 Å². The van der Waals surface area contributed by atoms with Crippen molar-refractivity contribution in [3.8, 4) is 0 Å². The summed E-state index contributed by atoms with van der Waals surface area (Å²) in [6, 6.07) is 6.80. The van der Waals surface area contributed by atoms with Gasteiger partial charge >= 0.3 is 0 Å². The van der Waals surface area contributed by atoms with E-state index in [-0.39, 0.29) is 24.0 Å². The lowest BCUT2D eigenvalue weighted by Crippen LogP contribution is -2.41. The van der Waals surface area contributed by atoms with Crippen molar-refractivity contribution < 1.29 is 0 Å². The number of aryl methyl sites for hydroxylation is 2. The molecule has 0 aromatic heterocycles. The van der Waals surface area contributed by atoms with Gasteiger partial charge in [-0.15, -0.1) is 24.0 Å². The quantitative estimate of drug-likeness (QED) is 0.449. The fraction of sp³-hybridized carbons (Fsp3) is 0.588. The van der Waals surface area contributed by atoms with Crippen molar-refractivity contribution >= 4 is 35.6 Å². The molecule has 1 aromatic carbocycles. The number of nitrogens with one attached hydrogen (secondary N) is 1. The number of likely N-dealkylation sites (N-methyl/N-ethyl adjacent to an activating group) is 1. The first-order valence-electron chi connectivity index (χ1n) is 7.98. The number of nitrogens with two attached hydrogens (primary N) is 1. The molecule has 0 bridgehead atoms. The van der Waals surface area contributed by atoms with Crippen molar-refractivity contribution in [2.24, 2.45) is 10.7 Å². The van der Waals surface area contributed by atoms with Crippen LogP contribution in [-0.4, -0.2) is 36.5 Å². The third-order valence-electron chi connectivity index (χ3n) is 4.41. The predicted octanol–water partition coefficient (Wildman–Crippen LogP) is 3.52. The van der Waals surface area contributed by atoms with Gasteiger partial charge in [0.2, 0.25) is 0 Å². The number of hydrogen-bond acceptors (Lipinski definition) is 2. The Morgan fingerprint density at radius 2 is 2.09 bits per heavy atom. The van der Waals surface area contributed by atoms with E-state index >= 15 is 0 Å². The molecule has 0 spiro atoms. The molecule has 0 saturated carbocycles. The molecule has 5 heteroatoms. The maximum Gasteiger partial charge on any atom is 0.193 e. The number of anilines is 1. The first kappa shape index (κ1) is 19.2. The second-order valence-corrected chi connectivity index (χ2v) is 5.93. The number of rotatable bonds is 4. The van der Waals surface area contributed by atoms with Crippen LogP contribution in [0.3, 0.4) is 0 Å². The summed E-state index contributed by atoms with van der Waals surface area (Å²) in [5, 5.41) is 3.19. The summed E-state index contributed by atoms with van der Waals surface area (Å²) >= 11 is 0. The number of guanidine groups is 1. The van der Waals surface area contributed by atoms with Crippen LogP contribution in [0.2, 0.25) is 0 Å². The molecule has 0 radical (unpaired) electrons. The van der Waals surface area contributed by atoms with Gasteiger partial charge in [-0.3, -0.25) is 9.89 Å². The molecule has 1 fully saturated rings. The smallest absolute Gasteiger partial charge is 0.193 e. The summed E-state index contributed by atoms with van der Waals surface area (Å²) in [5.74, 6) is 0.514. The fourth-order valence-electron chi connectivity index (χ4n) is 2.89. The fourth-order valence-corrected chi connectivity index (χ4v) is 2.89. The first-order valence-corrected chi connectivity index (χ1v) is 7.98. The number of halogens is 1. The highest BCUT2D eigenvalue weighted by molar-refractivity contribution is 14.0. The van der Waals surface area contributed by atoms with Crippen molar-refractivity contribution in [1.29, 1.82) is 0 Å². The minimum absolute atomic E-state index is 0. The number of nitrogens with zero attached hydrogens (tertiary/aromatic N) is 2. The van der Waals surface area contributed by atoms with Crippen LogP contribution in [0.5, 0.6) is 0 Å². The SMILES string of the molecule is CCN1CCCCC1CN=C(N)Nc1ccc(C)c(C)c1.I. The molecule has 1 aliphatic heterocycles. The van der Waals surface area contributed by atoms with Gasteiger partial charge in [-0.05, 0) is 63.0 Å². The van der Waals surface area contributed by atoms with Gasteiger partial charge in [0.05, 0.1) is 6.54 Å². The zero-order valence-electron chi connectivity index (χ0n) is 13.9. The summed E-state index contributed by atoms with van der Waals surface area (Å²) in [6.45, 7) is 9.52. The Morgan fingerprint density at radius 1 is 1.32 bits per heavy atom. The summed E-state index contributed by atoms with van der Waals surface area (Å²) in [6.07, 6.45) is 3.85. The van der Waals surface area contributed by atoms with Gasteiger partial charge in [-0.2, -0.15) is 0 Å². The molecule has 0 aliphatic carbocycles. The van der Waals surface area contributed by atoms with E-state index in [9.17, 15) is 0 Å². The highest BCUT2D eigenvalue weighted by Crippen LogP contribution is 2.17. The lowest BCUT2D eigenvalue weighted by molar-refractivity contribution is 0.161. The van der Waals surface area contributed by atoms with E-state index in [0.29, 0.717) is 12.0 Å². The lowest BCUT2D eigenvalue weighted by Gasteiger charge is -2.33.